The predicted molar refractivity (Wildman–Crippen MR) is 72.1 cm³/mol. The third kappa shape index (κ3) is 4.40. The molecule has 1 aromatic carbocycles. The maximum absolute atomic E-state index is 12.3. The molecular weight excluding hydrogens is 267 g/mol. The number of likely N-dealkylation sites (tertiary alicyclic amines) is 1. The van der Waals surface area contributed by atoms with Crippen LogP contribution in [0.4, 0.5) is 13.2 Å². The van der Waals surface area contributed by atoms with Crippen LogP contribution in [0.15, 0.2) is 24.3 Å². The van der Waals surface area contributed by atoms with Crippen molar-refractivity contribution in [2.24, 2.45) is 0 Å². The van der Waals surface area contributed by atoms with Crippen molar-refractivity contribution < 1.29 is 17.9 Å². The first-order valence-corrected chi connectivity index (χ1v) is 6.91. The van der Waals surface area contributed by atoms with Crippen molar-refractivity contribution in [3.8, 4) is 5.75 Å². The Kier molecular flexibility index (Phi) is 4.91. The molecule has 1 saturated heterocycles. The smallest absolute Gasteiger partial charge is 0.390 e. The normalized spacial score (nSPS) is 20.9. The van der Waals surface area contributed by atoms with Crippen LogP contribution in [0.2, 0.25) is 0 Å². The van der Waals surface area contributed by atoms with E-state index in [0.29, 0.717) is 12.5 Å². The van der Waals surface area contributed by atoms with E-state index in [1.54, 1.807) is 7.11 Å². The highest BCUT2D eigenvalue weighted by molar-refractivity contribution is 5.31. The molecule has 1 aliphatic rings. The van der Waals surface area contributed by atoms with Crippen molar-refractivity contribution in [3.05, 3.63) is 29.8 Å². The second-order valence-electron chi connectivity index (χ2n) is 5.28. The molecule has 0 N–H and O–H groups in total. The van der Waals surface area contributed by atoms with Crippen molar-refractivity contribution in [1.29, 1.82) is 0 Å². The highest BCUT2D eigenvalue weighted by Gasteiger charge is 2.29. The van der Waals surface area contributed by atoms with Crippen LogP contribution in [0, 0.1) is 0 Å². The Labute approximate surface area is 117 Å². The van der Waals surface area contributed by atoms with Gasteiger partial charge in [-0.3, -0.25) is 0 Å². The van der Waals surface area contributed by atoms with Gasteiger partial charge in [0.2, 0.25) is 0 Å². The van der Waals surface area contributed by atoms with E-state index < -0.39 is 12.6 Å². The van der Waals surface area contributed by atoms with Gasteiger partial charge in [0.1, 0.15) is 5.75 Å². The van der Waals surface area contributed by atoms with Gasteiger partial charge in [-0.25, -0.2) is 0 Å². The fourth-order valence-corrected chi connectivity index (χ4v) is 2.71. The highest BCUT2D eigenvalue weighted by atomic mass is 19.4. The summed E-state index contributed by atoms with van der Waals surface area (Å²) in [5.74, 6) is 1.10. The van der Waals surface area contributed by atoms with Crippen LogP contribution in [0.5, 0.6) is 5.75 Å². The molecule has 0 aliphatic carbocycles. The minimum Gasteiger partial charge on any atom is -0.497 e. The van der Waals surface area contributed by atoms with E-state index in [1.165, 1.54) is 0 Å². The molecule has 1 atom stereocenters. The van der Waals surface area contributed by atoms with Gasteiger partial charge in [0.25, 0.3) is 0 Å². The minimum atomic E-state index is -4.07. The van der Waals surface area contributed by atoms with E-state index in [-0.39, 0.29) is 6.54 Å². The number of nitrogens with zero attached hydrogens (tertiary/aromatic N) is 1. The van der Waals surface area contributed by atoms with Gasteiger partial charge in [-0.15, -0.1) is 0 Å². The van der Waals surface area contributed by atoms with E-state index >= 15 is 0 Å². The van der Waals surface area contributed by atoms with E-state index in [1.807, 2.05) is 29.2 Å². The standard InChI is InChI=1S/C15H20F3NO/c1-20-14-6-2-4-12(10-14)13-5-3-8-19(11-13)9-7-15(16,17)18/h2,4,6,10,13H,3,5,7-9,11H2,1H3. The number of methoxy groups -OCH3 is 1. The number of halogens is 3. The zero-order valence-corrected chi connectivity index (χ0v) is 11.6. The first-order valence-electron chi connectivity index (χ1n) is 6.91. The molecule has 1 heterocycles. The molecule has 0 amide bonds. The Bertz CT molecular complexity index is 433. The van der Waals surface area contributed by atoms with E-state index in [0.717, 1.165) is 30.7 Å². The lowest BCUT2D eigenvalue weighted by Gasteiger charge is -2.33. The summed E-state index contributed by atoms with van der Waals surface area (Å²) >= 11 is 0. The molecule has 0 spiro atoms. The number of benzene rings is 1. The van der Waals surface area contributed by atoms with Crippen molar-refractivity contribution in [1.82, 2.24) is 4.90 Å². The fourth-order valence-electron chi connectivity index (χ4n) is 2.71. The summed E-state index contributed by atoms with van der Waals surface area (Å²) in [5.41, 5.74) is 1.15. The molecule has 1 fully saturated rings. The van der Waals surface area contributed by atoms with Gasteiger partial charge in [0.15, 0.2) is 0 Å². The van der Waals surface area contributed by atoms with Gasteiger partial charge in [-0.1, -0.05) is 12.1 Å². The first-order chi connectivity index (χ1) is 9.48. The summed E-state index contributed by atoms with van der Waals surface area (Å²) in [5, 5.41) is 0. The molecule has 0 radical (unpaired) electrons. The largest absolute Gasteiger partial charge is 0.497 e. The number of rotatable bonds is 4. The molecule has 1 aliphatic heterocycles. The topological polar surface area (TPSA) is 12.5 Å². The van der Waals surface area contributed by atoms with Crippen LogP contribution < -0.4 is 4.74 Å². The zero-order chi connectivity index (χ0) is 14.6. The van der Waals surface area contributed by atoms with Crippen LogP contribution in [-0.2, 0) is 0 Å². The van der Waals surface area contributed by atoms with Crippen LogP contribution in [0.1, 0.15) is 30.7 Å². The van der Waals surface area contributed by atoms with Crippen LogP contribution in [0.3, 0.4) is 0 Å². The highest BCUT2D eigenvalue weighted by Crippen LogP contribution is 2.30. The summed E-state index contributed by atoms with van der Waals surface area (Å²) in [4.78, 5) is 1.92. The Hall–Kier alpha value is -1.23. The number of alkyl halides is 3. The fraction of sp³-hybridized carbons (Fsp3) is 0.600. The van der Waals surface area contributed by atoms with Crippen LogP contribution >= 0.6 is 0 Å². The van der Waals surface area contributed by atoms with Gasteiger partial charge in [0.05, 0.1) is 13.5 Å². The molecule has 0 saturated carbocycles. The Balaban J connectivity index is 1.95. The Morgan fingerprint density at radius 2 is 2.15 bits per heavy atom. The Morgan fingerprint density at radius 3 is 2.85 bits per heavy atom. The third-order valence-corrected chi connectivity index (χ3v) is 3.78. The van der Waals surface area contributed by atoms with Crippen molar-refractivity contribution in [2.45, 2.75) is 31.4 Å². The molecule has 1 aromatic rings. The predicted octanol–water partition coefficient (Wildman–Crippen LogP) is 3.83. The molecular formula is C15H20F3NO. The molecule has 5 heteroatoms. The quantitative estimate of drug-likeness (QED) is 0.834. The zero-order valence-electron chi connectivity index (χ0n) is 11.6. The maximum atomic E-state index is 12.3. The SMILES string of the molecule is COc1cccc(C2CCCN(CCC(F)(F)F)C2)c1. The summed E-state index contributed by atoms with van der Waals surface area (Å²) in [6.07, 6.45) is -2.82. The van der Waals surface area contributed by atoms with Gasteiger partial charge < -0.3 is 9.64 Å². The van der Waals surface area contributed by atoms with Crippen molar-refractivity contribution >= 4 is 0 Å². The number of piperidine rings is 1. The van der Waals surface area contributed by atoms with E-state index in [2.05, 4.69) is 0 Å². The lowest BCUT2D eigenvalue weighted by atomic mass is 9.90. The van der Waals surface area contributed by atoms with Crippen LogP contribution in [0.25, 0.3) is 0 Å². The summed E-state index contributed by atoms with van der Waals surface area (Å²) in [6, 6.07) is 7.83. The molecule has 2 nitrogen and oxygen atoms in total. The number of ether oxygens (including phenoxy) is 1. The summed E-state index contributed by atoms with van der Waals surface area (Å²) < 4.78 is 42.1. The van der Waals surface area contributed by atoms with Gasteiger partial charge in [0, 0.05) is 13.1 Å². The van der Waals surface area contributed by atoms with Gasteiger partial charge in [-0.2, -0.15) is 13.2 Å². The average molecular weight is 287 g/mol. The second-order valence-corrected chi connectivity index (χ2v) is 5.28. The second kappa shape index (κ2) is 6.48. The summed E-state index contributed by atoms with van der Waals surface area (Å²) in [6.45, 7) is 1.56. The Morgan fingerprint density at radius 1 is 1.35 bits per heavy atom. The van der Waals surface area contributed by atoms with Gasteiger partial charge >= 0.3 is 6.18 Å². The molecule has 20 heavy (non-hydrogen) atoms. The average Bonchev–Trinajstić information content (AvgIpc) is 2.45. The number of hydrogen-bond donors (Lipinski definition) is 0. The van der Waals surface area contributed by atoms with E-state index in [4.69, 9.17) is 4.74 Å². The molecule has 0 aromatic heterocycles. The molecule has 0 bridgehead atoms. The molecule has 2 rings (SSSR count). The molecule has 1 unspecified atom stereocenters. The molecule has 112 valence electrons. The van der Waals surface area contributed by atoms with Crippen LogP contribution in [-0.4, -0.2) is 37.8 Å². The summed E-state index contributed by atoms with van der Waals surface area (Å²) in [7, 11) is 1.62. The third-order valence-electron chi connectivity index (χ3n) is 3.78. The van der Waals surface area contributed by atoms with Crippen molar-refractivity contribution in [2.75, 3.05) is 26.7 Å². The monoisotopic (exact) mass is 287 g/mol. The number of hydrogen-bond acceptors (Lipinski definition) is 2. The lowest BCUT2D eigenvalue weighted by Crippen LogP contribution is -2.36. The first kappa shape index (κ1) is 15.2. The maximum Gasteiger partial charge on any atom is 0.390 e. The van der Waals surface area contributed by atoms with E-state index in [9.17, 15) is 13.2 Å². The lowest BCUT2D eigenvalue weighted by molar-refractivity contribution is -0.138. The van der Waals surface area contributed by atoms with Gasteiger partial charge in [-0.05, 0) is 43.0 Å². The van der Waals surface area contributed by atoms with Crippen molar-refractivity contribution in [3.63, 3.8) is 0 Å². The minimum absolute atomic E-state index is 0.101.